The van der Waals surface area contributed by atoms with E-state index >= 15 is 0 Å². The molecule has 0 saturated heterocycles. The highest BCUT2D eigenvalue weighted by Crippen LogP contribution is 2.12. The standard InChI is InChI=1S/C16H11F2NO/c1-2-11-4-3-5-13(8-11)19-16(20)10-12-6-7-14(17)15(18)9-12/h1,3-9H,10H2,(H,19,20). The van der Waals surface area contributed by atoms with Crippen molar-refractivity contribution in [2.24, 2.45) is 0 Å². The van der Waals surface area contributed by atoms with Crippen molar-refractivity contribution in [2.45, 2.75) is 6.42 Å². The van der Waals surface area contributed by atoms with Gasteiger partial charge in [-0.05, 0) is 35.9 Å². The predicted molar refractivity (Wildman–Crippen MR) is 73.1 cm³/mol. The highest BCUT2D eigenvalue weighted by Gasteiger charge is 2.07. The van der Waals surface area contributed by atoms with Gasteiger partial charge >= 0.3 is 0 Å². The molecule has 0 saturated carbocycles. The van der Waals surface area contributed by atoms with Crippen molar-refractivity contribution in [3.63, 3.8) is 0 Å². The molecule has 100 valence electrons. The first-order valence-corrected chi connectivity index (χ1v) is 5.89. The number of carbonyl (C=O) groups excluding carboxylic acids is 1. The quantitative estimate of drug-likeness (QED) is 0.854. The summed E-state index contributed by atoms with van der Waals surface area (Å²) in [5.74, 6) is 0.231. The Labute approximate surface area is 115 Å². The van der Waals surface area contributed by atoms with Gasteiger partial charge in [0.05, 0.1) is 6.42 Å². The molecule has 1 N–H and O–H groups in total. The van der Waals surface area contributed by atoms with E-state index in [9.17, 15) is 13.6 Å². The average Bonchev–Trinajstić information content (AvgIpc) is 2.43. The maximum absolute atomic E-state index is 13.0. The van der Waals surface area contributed by atoms with E-state index in [0.29, 0.717) is 16.8 Å². The van der Waals surface area contributed by atoms with Gasteiger partial charge in [0.1, 0.15) is 0 Å². The lowest BCUT2D eigenvalue weighted by Gasteiger charge is -2.06. The first kappa shape index (κ1) is 13.8. The van der Waals surface area contributed by atoms with E-state index in [-0.39, 0.29) is 12.3 Å². The molecule has 4 heteroatoms. The smallest absolute Gasteiger partial charge is 0.228 e. The second-order valence-corrected chi connectivity index (χ2v) is 4.20. The fourth-order valence-corrected chi connectivity index (χ4v) is 1.73. The van der Waals surface area contributed by atoms with Gasteiger partial charge in [0.2, 0.25) is 5.91 Å². The fourth-order valence-electron chi connectivity index (χ4n) is 1.73. The summed E-state index contributed by atoms with van der Waals surface area (Å²) < 4.78 is 25.8. The Bertz CT molecular complexity index is 689. The van der Waals surface area contributed by atoms with E-state index in [0.717, 1.165) is 12.1 Å². The maximum Gasteiger partial charge on any atom is 0.228 e. The molecule has 0 heterocycles. The molecule has 0 fully saturated rings. The zero-order chi connectivity index (χ0) is 14.5. The zero-order valence-electron chi connectivity index (χ0n) is 10.5. The number of rotatable bonds is 3. The van der Waals surface area contributed by atoms with Gasteiger partial charge < -0.3 is 5.32 Å². The first-order chi connectivity index (χ1) is 9.58. The van der Waals surface area contributed by atoms with Gasteiger partial charge in [0.25, 0.3) is 0 Å². The summed E-state index contributed by atoms with van der Waals surface area (Å²) in [6.07, 6.45) is 5.22. The first-order valence-electron chi connectivity index (χ1n) is 5.89. The molecular weight excluding hydrogens is 260 g/mol. The van der Waals surface area contributed by atoms with Crippen LogP contribution in [-0.4, -0.2) is 5.91 Å². The van der Waals surface area contributed by atoms with Gasteiger partial charge in [-0.15, -0.1) is 6.42 Å². The highest BCUT2D eigenvalue weighted by molar-refractivity contribution is 5.92. The Hall–Kier alpha value is -2.67. The predicted octanol–water partition coefficient (Wildman–Crippen LogP) is 3.13. The van der Waals surface area contributed by atoms with E-state index in [1.165, 1.54) is 6.07 Å². The lowest BCUT2D eigenvalue weighted by atomic mass is 10.1. The molecule has 2 nitrogen and oxygen atoms in total. The summed E-state index contributed by atoms with van der Waals surface area (Å²) >= 11 is 0. The van der Waals surface area contributed by atoms with Gasteiger partial charge in [0.15, 0.2) is 11.6 Å². The maximum atomic E-state index is 13.0. The van der Waals surface area contributed by atoms with Crippen molar-refractivity contribution in [1.82, 2.24) is 0 Å². The van der Waals surface area contributed by atoms with Crippen LogP contribution < -0.4 is 5.32 Å². The number of nitrogens with one attached hydrogen (secondary N) is 1. The average molecular weight is 271 g/mol. The van der Waals surface area contributed by atoms with Gasteiger partial charge in [-0.3, -0.25) is 4.79 Å². The number of halogens is 2. The monoisotopic (exact) mass is 271 g/mol. The van der Waals surface area contributed by atoms with Crippen molar-refractivity contribution >= 4 is 11.6 Å². The third kappa shape index (κ3) is 3.42. The van der Waals surface area contributed by atoms with Crippen molar-refractivity contribution in [2.75, 3.05) is 5.32 Å². The Morgan fingerprint density at radius 3 is 2.65 bits per heavy atom. The molecule has 0 aromatic heterocycles. The third-order valence-electron chi connectivity index (χ3n) is 2.66. The zero-order valence-corrected chi connectivity index (χ0v) is 10.5. The number of amides is 1. The summed E-state index contributed by atoms with van der Waals surface area (Å²) in [5, 5.41) is 2.65. The molecule has 0 bridgehead atoms. The van der Waals surface area contributed by atoms with Crippen molar-refractivity contribution in [3.8, 4) is 12.3 Å². The van der Waals surface area contributed by atoms with Crippen LogP contribution in [0, 0.1) is 24.0 Å². The molecule has 0 radical (unpaired) electrons. The van der Waals surface area contributed by atoms with Crippen LogP contribution in [0.2, 0.25) is 0 Å². The number of hydrogen-bond donors (Lipinski definition) is 1. The molecule has 2 aromatic carbocycles. The second-order valence-electron chi connectivity index (χ2n) is 4.20. The minimum absolute atomic E-state index is 0.0442. The van der Waals surface area contributed by atoms with Crippen molar-refractivity contribution in [1.29, 1.82) is 0 Å². The van der Waals surface area contributed by atoms with Crippen LogP contribution in [0.1, 0.15) is 11.1 Å². The molecule has 0 spiro atoms. The van der Waals surface area contributed by atoms with Crippen LogP contribution in [0.25, 0.3) is 0 Å². The normalized spacial score (nSPS) is 9.85. The molecule has 20 heavy (non-hydrogen) atoms. The van der Waals surface area contributed by atoms with Gasteiger partial charge in [-0.1, -0.05) is 18.1 Å². The summed E-state index contributed by atoms with van der Waals surface area (Å²) in [4.78, 5) is 11.8. The largest absolute Gasteiger partial charge is 0.326 e. The van der Waals surface area contributed by atoms with Gasteiger partial charge in [-0.2, -0.15) is 0 Å². The van der Waals surface area contributed by atoms with Crippen LogP contribution in [0.3, 0.4) is 0 Å². The molecule has 2 aromatic rings. The lowest BCUT2D eigenvalue weighted by molar-refractivity contribution is -0.115. The molecular formula is C16H11F2NO. The molecule has 0 aliphatic carbocycles. The summed E-state index contributed by atoms with van der Waals surface area (Å²) in [6, 6.07) is 10.2. The Balaban J connectivity index is 2.05. The van der Waals surface area contributed by atoms with Crippen LogP contribution >= 0.6 is 0 Å². The van der Waals surface area contributed by atoms with E-state index in [1.807, 2.05) is 0 Å². The van der Waals surface area contributed by atoms with Crippen LogP contribution in [0.15, 0.2) is 42.5 Å². The van der Waals surface area contributed by atoms with Crippen molar-refractivity contribution in [3.05, 3.63) is 65.2 Å². The summed E-state index contributed by atoms with van der Waals surface area (Å²) in [7, 11) is 0. The Morgan fingerprint density at radius 1 is 1.15 bits per heavy atom. The van der Waals surface area contributed by atoms with Crippen LogP contribution in [0.5, 0.6) is 0 Å². The highest BCUT2D eigenvalue weighted by atomic mass is 19.2. The van der Waals surface area contributed by atoms with Crippen molar-refractivity contribution < 1.29 is 13.6 Å². The number of hydrogen-bond acceptors (Lipinski definition) is 1. The fraction of sp³-hybridized carbons (Fsp3) is 0.0625. The topological polar surface area (TPSA) is 29.1 Å². The van der Waals surface area contributed by atoms with E-state index in [2.05, 4.69) is 11.2 Å². The minimum Gasteiger partial charge on any atom is -0.326 e. The van der Waals surface area contributed by atoms with Gasteiger partial charge in [-0.25, -0.2) is 8.78 Å². The molecule has 0 atom stereocenters. The minimum atomic E-state index is -0.968. The number of benzene rings is 2. The van der Waals surface area contributed by atoms with E-state index in [4.69, 9.17) is 6.42 Å². The molecule has 1 amide bonds. The number of carbonyl (C=O) groups is 1. The summed E-state index contributed by atoms with van der Waals surface area (Å²) in [5.41, 5.74) is 1.61. The van der Waals surface area contributed by atoms with E-state index in [1.54, 1.807) is 24.3 Å². The van der Waals surface area contributed by atoms with Crippen LogP contribution in [-0.2, 0) is 11.2 Å². The number of terminal acetylenes is 1. The number of anilines is 1. The summed E-state index contributed by atoms with van der Waals surface area (Å²) in [6.45, 7) is 0. The third-order valence-corrected chi connectivity index (χ3v) is 2.66. The SMILES string of the molecule is C#Cc1cccc(NC(=O)Cc2ccc(F)c(F)c2)c1. The van der Waals surface area contributed by atoms with E-state index < -0.39 is 11.6 Å². The Kier molecular flexibility index (Phi) is 4.11. The lowest BCUT2D eigenvalue weighted by Crippen LogP contribution is -2.14. The molecule has 0 unspecified atom stereocenters. The second kappa shape index (κ2) is 5.98. The molecule has 2 rings (SSSR count). The molecule has 0 aliphatic rings. The van der Waals surface area contributed by atoms with Gasteiger partial charge in [0, 0.05) is 11.3 Å². The van der Waals surface area contributed by atoms with Crippen LogP contribution in [0.4, 0.5) is 14.5 Å². The molecule has 0 aliphatic heterocycles. The Morgan fingerprint density at radius 2 is 1.95 bits per heavy atom.